The third-order valence-corrected chi connectivity index (χ3v) is 7.15. The maximum absolute atomic E-state index is 14.1. The SMILES string of the molecule is CC1CCc2cc(F)cc3c(=O)c(C(=O)NC4CC5CCC(C4)N5C)cn1c23. The summed E-state index contributed by atoms with van der Waals surface area (Å²) in [6, 6.07) is 4.09. The number of piperidine rings is 1. The Morgan fingerprint density at radius 1 is 1.18 bits per heavy atom. The van der Waals surface area contributed by atoms with E-state index in [0.717, 1.165) is 36.8 Å². The van der Waals surface area contributed by atoms with E-state index in [1.165, 1.54) is 25.0 Å². The van der Waals surface area contributed by atoms with Crippen LogP contribution in [0.4, 0.5) is 4.39 Å². The summed E-state index contributed by atoms with van der Waals surface area (Å²) < 4.78 is 16.1. The smallest absolute Gasteiger partial charge is 0.256 e. The highest BCUT2D eigenvalue weighted by Crippen LogP contribution is 2.34. The summed E-state index contributed by atoms with van der Waals surface area (Å²) in [4.78, 5) is 28.5. The Balaban J connectivity index is 1.52. The van der Waals surface area contributed by atoms with E-state index >= 15 is 0 Å². The predicted octanol–water partition coefficient (Wildman–Crippen LogP) is 3.00. The molecule has 0 aliphatic carbocycles. The molecule has 0 saturated carbocycles. The Bertz CT molecular complexity index is 1020. The second-order valence-corrected chi connectivity index (χ2v) is 8.82. The van der Waals surface area contributed by atoms with Gasteiger partial charge in [0.1, 0.15) is 11.4 Å². The van der Waals surface area contributed by atoms with E-state index in [-0.39, 0.29) is 29.0 Å². The van der Waals surface area contributed by atoms with Crippen molar-refractivity contribution in [3.05, 3.63) is 45.5 Å². The molecule has 1 aromatic carbocycles. The van der Waals surface area contributed by atoms with Gasteiger partial charge in [0, 0.05) is 35.8 Å². The van der Waals surface area contributed by atoms with Crippen LogP contribution in [0, 0.1) is 5.82 Å². The van der Waals surface area contributed by atoms with Gasteiger partial charge < -0.3 is 14.8 Å². The largest absolute Gasteiger partial charge is 0.349 e. The lowest BCUT2D eigenvalue weighted by atomic mass is 9.95. The third-order valence-electron chi connectivity index (χ3n) is 7.15. The molecule has 5 rings (SSSR count). The Labute approximate surface area is 163 Å². The molecule has 148 valence electrons. The molecule has 2 fully saturated rings. The van der Waals surface area contributed by atoms with Crippen LogP contribution >= 0.6 is 0 Å². The van der Waals surface area contributed by atoms with Crippen molar-refractivity contribution in [2.45, 2.75) is 69.6 Å². The number of pyridine rings is 1. The van der Waals surface area contributed by atoms with E-state index in [2.05, 4.69) is 24.2 Å². The Morgan fingerprint density at radius 3 is 2.61 bits per heavy atom. The van der Waals surface area contributed by atoms with Crippen LogP contribution in [-0.2, 0) is 6.42 Å². The van der Waals surface area contributed by atoms with Gasteiger partial charge in [0.2, 0.25) is 5.43 Å². The number of carbonyl (C=O) groups is 1. The molecule has 4 heterocycles. The van der Waals surface area contributed by atoms with Crippen molar-refractivity contribution in [1.82, 2.24) is 14.8 Å². The molecule has 1 aromatic heterocycles. The number of hydrogen-bond acceptors (Lipinski definition) is 3. The number of fused-ring (bicyclic) bond motifs is 2. The van der Waals surface area contributed by atoms with Gasteiger partial charge in [-0.2, -0.15) is 0 Å². The minimum absolute atomic E-state index is 0.0955. The fourth-order valence-electron chi connectivity index (χ4n) is 5.54. The van der Waals surface area contributed by atoms with Crippen LogP contribution in [-0.4, -0.2) is 40.5 Å². The van der Waals surface area contributed by atoms with Crippen LogP contribution in [0.2, 0.25) is 0 Å². The minimum atomic E-state index is -0.412. The highest BCUT2D eigenvalue weighted by atomic mass is 19.1. The van der Waals surface area contributed by atoms with Gasteiger partial charge in [-0.3, -0.25) is 9.59 Å². The first-order valence-electron chi connectivity index (χ1n) is 10.3. The van der Waals surface area contributed by atoms with Gasteiger partial charge in [-0.05, 0) is 70.2 Å². The molecule has 6 heteroatoms. The van der Waals surface area contributed by atoms with Gasteiger partial charge in [-0.25, -0.2) is 4.39 Å². The second-order valence-electron chi connectivity index (χ2n) is 8.82. The van der Waals surface area contributed by atoms with E-state index in [4.69, 9.17) is 0 Å². The number of aromatic nitrogens is 1. The maximum atomic E-state index is 14.1. The molecule has 2 aromatic rings. The molecule has 5 nitrogen and oxygen atoms in total. The van der Waals surface area contributed by atoms with Crippen LogP contribution < -0.4 is 10.7 Å². The van der Waals surface area contributed by atoms with Crippen LogP contribution in [0.1, 0.15) is 61.0 Å². The second kappa shape index (κ2) is 6.41. The first-order valence-corrected chi connectivity index (χ1v) is 10.3. The molecule has 1 amide bonds. The molecule has 0 spiro atoms. The van der Waals surface area contributed by atoms with Crippen molar-refractivity contribution in [1.29, 1.82) is 0 Å². The molecule has 28 heavy (non-hydrogen) atoms. The number of hydrogen-bond donors (Lipinski definition) is 1. The number of nitrogens with one attached hydrogen (secondary N) is 1. The quantitative estimate of drug-likeness (QED) is 0.867. The maximum Gasteiger partial charge on any atom is 0.256 e. The molecular formula is C22H26FN3O2. The normalized spacial score (nSPS) is 29.2. The number of amides is 1. The van der Waals surface area contributed by atoms with Gasteiger partial charge in [0.15, 0.2) is 0 Å². The molecule has 1 N–H and O–H groups in total. The van der Waals surface area contributed by atoms with Crippen molar-refractivity contribution in [3.8, 4) is 0 Å². The van der Waals surface area contributed by atoms with Crippen LogP contribution in [0.5, 0.6) is 0 Å². The summed E-state index contributed by atoms with van der Waals surface area (Å²) in [6.45, 7) is 2.08. The first-order chi connectivity index (χ1) is 13.4. The van der Waals surface area contributed by atoms with E-state index < -0.39 is 5.82 Å². The van der Waals surface area contributed by atoms with E-state index in [1.54, 1.807) is 6.20 Å². The average Bonchev–Trinajstić information content (AvgIpc) is 2.87. The van der Waals surface area contributed by atoms with E-state index in [0.29, 0.717) is 17.5 Å². The zero-order chi connectivity index (χ0) is 19.6. The molecule has 0 radical (unpaired) electrons. The lowest BCUT2D eigenvalue weighted by molar-refractivity contribution is 0.0880. The number of halogens is 1. The van der Waals surface area contributed by atoms with Crippen LogP contribution in [0.15, 0.2) is 23.1 Å². The zero-order valence-corrected chi connectivity index (χ0v) is 16.4. The van der Waals surface area contributed by atoms with Crippen molar-refractivity contribution in [2.75, 3.05) is 7.05 Å². The molecule has 3 aliphatic heterocycles. The standard InChI is InChI=1S/C22H26FN3O2/c1-12-3-4-13-7-14(23)8-18-20(13)26(12)11-19(21(18)27)22(28)24-15-9-16-5-6-17(10-15)25(16)2/h7-8,11-12,15-17H,3-6,9-10H2,1-2H3,(H,24,28). The van der Waals surface area contributed by atoms with Crippen molar-refractivity contribution >= 4 is 16.8 Å². The Kier molecular flexibility index (Phi) is 4.09. The summed E-state index contributed by atoms with van der Waals surface area (Å²) in [5.74, 6) is -0.738. The molecule has 2 bridgehead atoms. The van der Waals surface area contributed by atoms with Gasteiger partial charge in [-0.15, -0.1) is 0 Å². The number of rotatable bonds is 2. The molecular weight excluding hydrogens is 357 g/mol. The van der Waals surface area contributed by atoms with Crippen LogP contribution in [0.3, 0.4) is 0 Å². The predicted molar refractivity (Wildman–Crippen MR) is 106 cm³/mol. The fourth-order valence-corrected chi connectivity index (χ4v) is 5.54. The number of carbonyl (C=O) groups excluding carboxylic acids is 1. The van der Waals surface area contributed by atoms with Crippen molar-refractivity contribution < 1.29 is 9.18 Å². The summed E-state index contributed by atoms with van der Waals surface area (Å²) in [5.41, 5.74) is 1.39. The number of benzene rings is 1. The first kappa shape index (κ1) is 17.9. The molecule has 3 unspecified atom stereocenters. The summed E-state index contributed by atoms with van der Waals surface area (Å²) in [7, 11) is 2.16. The fraction of sp³-hybridized carbons (Fsp3) is 0.545. The van der Waals surface area contributed by atoms with Gasteiger partial charge in [0.25, 0.3) is 5.91 Å². The Morgan fingerprint density at radius 2 is 1.89 bits per heavy atom. The minimum Gasteiger partial charge on any atom is -0.349 e. The number of aryl methyl sites for hydroxylation is 1. The van der Waals surface area contributed by atoms with E-state index in [1.807, 2.05) is 4.57 Å². The van der Waals surface area contributed by atoms with Crippen molar-refractivity contribution in [3.63, 3.8) is 0 Å². The third kappa shape index (κ3) is 2.69. The lowest BCUT2D eigenvalue weighted by Gasteiger charge is -2.36. The van der Waals surface area contributed by atoms with Crippen LogP contribution in [0.25, 0.3) is 10.9 Å². The zero-order valence-electron chi connectivity index (χ0n) is 16.4. The van der Waals surface area contributed by atoms with Crippen molar-refractivity contribution in [2.24, 2.45) is 0 Å². The number of nitrogens with zero attached hydrogens (tertiary/aromatic N) is 2. The monoisotopic (exact) mass is 383 g/mol. The van der Waals surface area contributed by atoms with E-state index in [9.17, 15) is 14.0 Å². The molecule has 3 atom stereocenters. The van der Waals surface area contributed by atoms with Gasteiger partial charge in [0.05, 0.1) is 5.52 Å². The van der Waals surface area contributed by atoms with Gasteiger partial charge in [-0.1, -0.05) is 0 Å². The topological polar surface area (TPSA) is 54.3 Å². The molecule has 3 aliphatic rings. The highest BCUT2D eigenvalue weighted by Gasteiger charge is 2.39. The average molecular weight is 383 g/mol. The summed E-state index contributed by atoms with van der Waals surface area (Å²) >= 11 is 0. The summed E-state index contributed by atoms with van der Waals surface area (Å²) in [6.07, 6.45) is 7.51. The Hall–Kier alpha value is -2.21. The molecule has 2 saturated heterocycles. The summed E-state index contributed by atoms with van der Waals surface area (Å²) in [5, 5.41) is 3.42. The van der Waals surface area contributed by atoms with Gasteiger partial charge >= 0.3 is 0 Å². The highest BCUT2D eigenvalue weighted by molar-refractivity contribution is 5.98. The lowest BCUT2D eigenvalue weighted by Crippen LogP contribution is -2.49.